The Morgan fingerprint density at radius 2 is 1.81 bits per heavy atom. The summed E-state index contributed by atoms with van der Waals surface area (Å²) in [6.45, 7) is -0.208. The van der Waals surface area contributed by atoms with Crippen molar-refractivity contribution in [2.45, 2.75) is 6.61 Å². The average molecular weight is 220 g/mol. The molecule has 0 aliphatic heterocycles. The first kappa shape index (κ1) is 10.8. The smallest absolute Gasteiger partial charge is 0.131 e. The predicted molar refractivity (Wildman–Crippen MR) is 57.7 cm³/mol. The summed E-state index contributed by atoms with van der Waals surface area (Å²) in [5.74, 6) is -0.861. The summed E-state index contributed by atoms with van der Waals surface area (Å²) < 4.78 is 26.6. The number of hydrogen-bond donors (Lipinski definition) is 1. The highest BCUT2D eigenvalue weighted by molar-refractivity contribution is 5.64. The SMILES string of the molecule is OCc1ccc(-c2cccc(F)c2)c(F)c1. The van der Waals surface area contributed by atoms with Gasteiger partial charge in [-0.05, 0) is 29.3 Å². The molecule has 1 N–H and O–H groups in total. The van der Waals surface area contributed by atoms with E-state index in [9.17, 15) is 8.78 Å². The predicted octanol–water partition coefficient (Wildman–Crippen LogP) is 3.12. The van der Waals surface area contributed by atoms with Gasteiger partial charge in [0.1, 0.15) is 11.6 Å². The molecule has 0 amide bonds. The van der Waals surface area contributed by atoms with Crippen LogP contribution in [0.3, 0.4) is 0 Å². The zero-order chi connectivity index (χ0) is 11.5. The molecule has 0 atom stereocenters. The first-order valence-electron chi connectivity index (χ1n) is 4.86. The van der Waals surface area contributed by atoms with Crippen molar-refractivity contribution in [2.75, 3.05) is 0 Å². The molecule has 0 bridgehead atoms. The van der Waals surface area contributed by atoms with E-state index in [4.69, 9.17) is 5.11 Å². The van der Waals surface area contributed by atoms with Crippen LogP contribution in [0.1, 0.15) is 5.56 Å². The van der Waals surface area contributed by atoms with Gasteiger partial charge in [-0.1, -0.05) is 24.3 Å². The second-order valence-corrected chi connectivity index (χ2v) is 3.48. The molecule has 0 heterocycles. The van der Waals surface area contributed by atoms with Gasteiger partial charge in [-0.2, -0.15) is 0 Å². The lowest BCUT2D eigenvalue weighted by Crippen LogP contribution is -1.89. The minimum Gasteiger partial charge on any atom is -0.392 e. The molecule has 0 spiro atoms. The number of aliphatic hydroxyl groups excluding tert-OH is 1. The second-order valence-electron chi connectivity index (χ2n) is 3.48. The van der Waals surface area contributed by atoms with Gasteiger partial charge in [-0.15, -0.1) is 0 Å². The second kappa shape index (κ2) is 4.41. The minimum atomic E-state index is -0.461. The van der Waals surface area contributed by atoms with Crippen molar-refractivity contribution in [3.63, 3.8) is 0 Å². The van der Waals surface area contributed by atoms with Crippen molar-refractivity contribution < 1.29 is 13.9 Å². The van der Waals surface area contributed by atoms with Gasteiger partial charge < -0.3 is 5.11 Å². The summed E-state index contributed by atoms with van der Waals surface area (Å²) >= 11 is 0. The zero-order valence-electron chi connectivity index (χ0n) is 8.45. The first-order chi connectivity index (χ1) is 7.70. The molecule has 0 radical (unpaired) electrons. The molecule has 0 saturated carbocycles. The van der Waals surface area contributed by atoms with E-state index < -0.39 is 11.6 Å². The van der Waals surface area contributed by atoms with Crippen LogP contribution in [0.2, 0.25) is 0 Å². The van der Waals surface area contributed by atoms with Gasteiger partial charge in [0.05, 0.1) is 6.61 Å². The Kier molecular flexibility index (Phi) is 2.97. The monoisotopic (exact) mass is 220 g/mol. The Morgan fingerprint density at radius 3 is 2.44 bits per heavy atom. The van der Waals surface area contributed by atoms with Crippen molar-refractivity contribution in [1.82, 2.24) is 0 Å². The van der Waals surface area contributed by atoms with Crippen LogP contribution >= 0.6 is 0 Å². The van der Waals surface area contributed by atoms with Gasteiger partial charge in [0, 0.05) is 5.56 Å². The Morgan fingerprint density at radius 1 is 1.00 bits per heavy atom. The number of halogens is 2. The van der Waals surface area contributed by atoms with Crippen molar-refractivity contribution in [3.8, 4) is 11.1 Å². The fourth-order valence-electron chi connectivity index (χ4n) is 1.55. The fourth-order valence-corrected chi connectivity index (χ4v) is 1.55. The summed E-state index contributed by atoms with van der Waals surface area (Å²) in [6.07, 6.45) is 0. The summed E-state index contributed by atoms with van der Waals surface area (Å²) in [5.41, 5.74) is 1.32. The van der Waals surface area contributed by atoms with Gasteiger partial charge in [0.2, 0.25) is 0 Å². The molecule has 16 heavy (non-hydrogen) atoms. The molecular formula is C13H10F2O. The average Bonchev–Trinajstić information content (AvgIpc) is 2.28. The third-order valence-electron chi connectivity index (χ3n) is 2.35. The van der Waals surface area contributed by atoms with E-state index in [-0.39, 0.29) is 6.61 Å². The first-order valence-corrected chi connectivity index (χ1v) is 4.86. The van der Waals surface area contributed by atoms with Gasteiger partial charge in [-0.25, -0.2) is 8.78 Å². The van der Waals surface area contributed by atoms with Gasteiger partial charge in [0.15, 0.2) is 0 Å². The Balaban J connectivity index is 2.48. The lowest BCUT2D eigenvalue weighted by Gasteiger charge is -2.05. The van der Waals surface area contributed by atoms with E-state index in [1.54, 1.807) is 12.1 Å². The molecule has 3 heteroatoms. The molecule has 0 saturated heterocycles. The van der Waals surface area contributed by atoms with Crippen LogP contribution < -0.4 is 0 Å². The van der Waals surface area contributed by atoms with E-state index in [2.05, 4.69) is 0 Å². The van der Waals surface area contributed by atoms with E-state index in [1.165, 1.54) is 30.3 Å². The van der Waals surface area contributed by atoms with Crippen LogP contribution in [0.15, 0.2) is 42.5 Å². The summed E-state index contributed by atoms with van der Waals surface area (Å²) in [5, 5.41) is 8.84. The molecule has 0 aromatic heterocycles. The molecule has 82 valence electrons. The third kappa shape index (κ3) is 2.09. The normalized spacial score (nSPS) is 10.4. The number of hydrogen-bond acceptors (Lipinski definition) is 1. The summed E-state index contributed by atoms with van der Waals surface area (Å²) in [6, 6.07) is 10.2. The Hall–Kier alpha value is -1.74. The molecular weight excluding hydrogens is 210 g/mol. The standard InChI is InChI=1S/C13H10F2O/c14-11-3-1-2-10(7-11)12-5-4-9(8-16)6-13(12)15/h1-7,16H,8H2. The van der Waals surface area contributed by atoms with Gasteiger partial charge >= 0.3 is 0 Å². The lowest BCUT2D eigenvalue weighted by molar-refractivity contribution is 0.281. The van der Waals surface area contributed by atoms with E-state index in [1.807, 2.05) is 0 Å². The molecule has 0 unspecified atom stereocenters. The number of benzene rings is 2. The number of aliphatic hydroxyl groups is 1. The maximum absolute atomic E-state index is 13.6. The maximum Gasteiger partial charge on any atom is 0.131 e. The maximum atomic E-state index is 13.6. The van der Waals surface area contributed by atoms with Gasteiger partial charge in [-0.3, -0.25) is 0 Å². The van der Waals surface area contributed by atoms with Crippen molar-refractivity contribution >= 4 is 0 Å². The molecule has 2 aromatic rings. The van der Waals surface area contributed by atoms with E-state index in [0.717, 1.165) is 0 Å². The quantitative estimate of drug-likeness (QED) is 0.824. The largest absolute Gasteiger partial charge is 0.392 e. The van der Waals surface area contributed by atoms with Crippen LogP contribution in [-0.2, 0) is 6.61 Å². The molecule has 2 aromatic carbocycles. The Labute approximate surface area is 92.0 Å². The third-order valence-corrected chi connectivity index (χ3v) is 2.35. The molecule has 0 aliphatic carbocycles. The fraction of sp³-hybridized carbons (Fsp3) is 0.0769. The summed E-state index contributed by atoms with van der Waals surface area (Å²) in [7, 11) is 0. The van der Waals surface area contributed by atoms with Crippen molar-refractivity contribution in [2.24, 2.45) is 0 Å². The molecule has 0 aliphatic rings. The van der Waals surface area contributed by atoms with Crippen molar-refractivity contribution in [1.29, 1.82) is 0 Å². The zero-order valence-corrected chi connectivity index (χ0v) is 8.45. The van der Waals surface area contributed by atoms with Crippen LogP contribution in [-0.4, -0.2) is 5.11 Å². The van der Waals surface area contributed by atoms with E-state index >= 15 is 0 Å². The van der Waals surface area contributed by atoms with Crippen molar-refractivity contribution in [3.05, 3.63) is 59.7 Å². The molecule has 1 nitrogen and oxygen atoms in total. The topological polar surface area (TPSA) is 20.2 Å². The van der Waals surface area contributed by atoms with Crippen LogP contribution in [0.4, 0.5) is 8.78 Å². The highest BCUT2D eigenvalue weighted by Gasteiger charge is 2.06. The highest BCUT2D eigenvalue weighted by atomic mass is 19.1. The van der Waals surface area contributed by atoms with Crippen LogP contribution in [0.5, 0.6) is 0 Å². The Bertz CT molecular complexity index is 509. The minimum absolute atomic E-state index is 0.208. The van der Waals surface area contributed by atoms with Crippen LogP contribution in [0.25, 0.3) is 11.1 Å². The lowest BCUT2D eigenvalue weighted by atomic mass is 10.0. The highest BCUT2D eigenvalue weighted by Crippen LogP contribution is 2.24. The molecule has 2 rings (SSSR count). The van der Waals surface area contributed by atoms with Crippen LogP contribution in [0, 0.1) is 11.6 Å². The number of rotatable bonds is 2. The van der Waals surface area contributed by atoms with Gasteiger partial charge in [0.25, 0.3) is 0 Å². The van der Waals surface area contributed by atoms with E-state index in [0.29, 0.717) is 16.7 Å². The summed E-state index contributed by atoms with van der Waals surface area (Å²) in [4.78, 5) is 0. The molecule has 0 fully saturated rings.